The quantitative estimate of drug-likeness (QED) is 0.776. The maximum atomic E-state index is 6.36. The normalized spacial score (nSPS) is 12.4. The third-order valence-electron chi connectivity index (χ3n) is 2.28. The smallest absolute Gasteiger partial charge is 0.134 e. The average molecular weight is 254 g/mol. The fourth-order valence-electron chi connectivity index (χ4n) is 1.50. The minimum Gasteiger partial charge on any atom is -0.496 e. The first-order valence-corrected chi connectivity index (χ1v) is 6.28. The second-order valence-electron chi connectivity index (χ2n) is 3.35. The van der Waals surface area contributed by atoms with Crippen molar-refractivity contribution in [2.24, 2.45) is 0 Å². The van der Waals surface area contributed by atoms with E-state index in [-0.39, 0.29) is 5.38 Å². The molecule has 0 spiro atoms. The lowest BCUT2D eigenvalue weighted by Crippen LogP contribution is -1.97. The molecule has 16 heavy (non-hydrogen) atoms. The van der Waals surface area contributed by atoms with Gasteiger partial charge in [-0.25, -0.2) is 0 Å². The zero-order chi connectivity index (χ0) is 11.4. The summed E-state index contributed by atoms with van der Waals surface area (Å²) in [5.74, 6) is 0.862. The highest BCUT2D eigenvalue weighted by atomic mass is 35.5. The van der Waals surface area contributed by atoms with Crippen LogP contribution in [0, 0.1) is 0 Å². The van der Waals surface area contributed by atoms with Gasteiger partial charge in [0.25, 0.3) is 0 Å². The zero-order valence-corrected chi connectivity index (χ0v) is 10.5. The Morgan fingerprint density at radius 2 is 2.31 bits per heavy atom. The third-order valence-corrected chi connectivity index (χ3v) is 3.79. The van der Waals surface area contributed by atoms with E-state index in [1.807, 2.05) is 29.6 Å². The predicted molar refractivity (Wildman–Crippen MR) is 67.4 cm³/mol. The number of aromatic nitrogens is 1. The van der Waals surface area contributed by atoms with Gasteiger partial charge in [0.05, 0.1) is 17.4 Å². The number of thiophene rings is 1. The van der Waals surface area contributed by atoms with Crippen molar-refractivity contribution in [3.05, 3.63) is 46.4 Å². The summed E-state index contributed by atoms with van der Waals surface area (Å²) < 4.78 is 5.25. The number of alkyl halides is 1. The summed E-state index contributed by atoms with van der Waals surface area (Å²) in [4.78, 5) is 5.33. The van der Waals surface area contributed by atoms with Crippen LogP contribution in [0.5, 0.6) is 5.75 Å². The van der Waals surface area contributed by atoms with Crippen molar-refractivity contribution >= 4 is 22.9 Å². The van der Waals surface area contributed by atoms with E-state index in [9.17, 15) is 0 Å². The Hall–Kier alpha value is -1.06. The molecule has 1 unspecified atom stereocenters. The van der Waals surface area contributed by atoms with Gasteiger partial charge in [-0.2, -0.15) is 0 Å². The van der Waals surface area contributed by atoms with Crippen molar-refractivity contribution in [3.63, 3.8) is 0 Å². The molecule has 2 aromatic heterocycles. The van der Waals surface area contributed by atoms with Crippen molar-refractivity contribution in [2.75, 3.05) is 7.11 Å². The van der Waals surface area contributed by atoms with Gasteiger partial charge in [0.2, 0.25) is 0 Å². The van der Waals surface area contributed by atoms with Gasteiger partial charge in [0, 0.05) is 18.3 Å². The molecule has 4 heteroatoms. The lowest BCUT2D eigenvalue weighted by Gasteiger charge is -2.09. The SMILES string of the molecule is COc1ccsc1C(Cl)Cc1ccccn1. The summed E-state index contributed by atoms with van der Waals surface area (Å²) in [6, 6.07) is 7.79. The number of nitrogens with zero attached hydrogens (tertiary/aromatic N) is 1. The first-order valence-electron chi connectivity index (χ1n) is 4.96. The molecule has 2 heterocycles. The molecule has 0 aromatic carbocycles. The van der Waals surface area contributed by atoms with Gasteiger partial charge in [-0.1, -0.05) is 6.07 Å². The van der Waals surface area contributed by atoms with Crippen molar-refractivity contribution in [1.29, 1.82) is 0 Å². The Kier molecular flexibility index (Phi) is 3.80. The van der Waals surface area contributed by atoms with Gasteiger partial charge in [-0.05, 0) is 23.6 Å². The molecule has 2 nitrogen and oxygen atoms in total. The fourth-order valence-corrected chi connectivity index (χ4v) is 2.76. The molecule has 0 saturated carbocycles. The van der Waals surface area contributed by atoms with Crippen LogP contribution in [-0.4, -0.2) is 12.1 Å². The molecular weight excluding hydrogens is 242 g/mol. The number of methoxy groups -OCH3 is 1. The van der Waals surface area contributed by atoms with E-state index >= 15 is 0 Å². The Bertz CT molecular complexity index is 443. The van der Waals surface area contributed by atoms with Crippen molar-refractivity contribution < 1.29 is 4.74 Å². The molecule has 1 atom stereocenters. The highest BCUT2D eigenvalue weighted by molar-refractivity contribution is 7.10. The molecule has 0 aliphatic rings. The first-order chi connectivity index (χ1) is 7.81. The fraction of sp³-hybridized carbons (Fsp3) is 0.250. The molecule has 0 aliphatic carbocycles. The Morgan fingerprint density at radius 1 is 1.44 bits per heavy atom. The van der Waals surface area contributed by atoms with Crippen LogP contribution in [0.15, 0.2) is 35.8 Å². The van der Waals surface area contributed by atoms with Gasteiger partial charge in [-0.15, -0.1) is 22.9 Å². The second kappa shape index (κ2) is 5.32. The molecule has 2 aromatic rings. The number of hydrogen-bond donors (Lipinski definition) is 0. The van der Waals surface area contributed by atoms with Gasteiger partial charge in [-0.3, -0.25) is 4.98 Å². The third kappa shape index (κ3) is 2.54. The van der Waals surface area contributed by atoms with Crippen LogP contribution in [0.4, 0.5) is 0 Å². The van der Waals surface area contributed by atoms with Gasteiger partial charge < -0.3 is 4.74 Å². The molecule has 0 N–H and O–H groups in total. The number of rotatable bonds is 4. The molecule has 0 aliphatic heterocycles. The molecule has 84 valence electrons. The largest absolute Gasteiger partial charge is 0.496 e. The van der Waals surface area contributed by atoms with Gasteiger partial charge >= 0.3 is 0 Å². The van der Waals surface area contributed by atoms with Crippen molar-refractivity contribution in [3.8, 4) is 5.75 Å². The minimum absolute atomic E-state index is 0.0788. The summed E-state index contributed by atoms with van der Waals surface area (Å²) in [7, 11) is 1.66. The molecule has 0 saturated heterocycles. The summed E-state index contributed by atoms with van der Waals surface area (Å²) in [5.41, 5.74) is 0.998. The molecule has 2 rings (SSSR count). The summed E-state index contributed by atoms with van der Waals surface area (Å²) in [5, 5.41) is 1.91. The minimum atomic E-state index is -0.0788. The second-order valence-corrected chi connectivity index (χ2v) is 4.82. The topological polar surface area (TPSA) is 22.1 Å². The molecular formula is C12H12ClNOS. The summed E-state index contributed by atoms with van der Waals surface area (Å²) in [6.07, 6.45) is 2.50. The van der Waals surface area contributed by atoms with Crippen LogP contribution >= 0.6 is 22.9 Å². The molecule has 0 fully saturated rings. The van der Waals surface area contributed by atoms with E-state index in [0.717, 1.165) is 22.7 Å². The molecule has 0 bridgehead atoms. The van der Waals surface area contributed by atoms with E-state index < -0.39 is 0 Å². The highest BCUT2D eigenvalue weighted by Crippen LogP contribution is 2.36. The standard InChI is InChI=1S/C12H12ClNOS/c1-15-11-5-7-16-12(11)10(13)8-9-4-2-3-6-14-9/h2-7,10H,8H2,1H3. The lowest BCUT2D eigenvalue weighted by atomic mass is 10.2. The van der Waals surface area contributed by atoms with Crippen molar-refractivity contribution in [1.82, 2.24) is 4.98 Å². The first kappa shape index (κ1) is 11.4. The zero-order valence-electron chi connectivity index (χ0n) is 8.89. The van der Waals surface area contributed by atoms with Crippen LogP contribution in [0.1, 0.15) is 15.9 Å². The average Bonchev–Trinajstić information content (AvgIpc) is 2.78. The van der Waals surface area contributed by atoms with E-state index in [1.165, 1.54) is 0 Å². The van der Waals surface area contributed by atoms with E-state index in [4.69, 9.17) is 16.3 Å². The van der Waals surface area contributed by atoms with Crippen LogP contribution in [0.3, 0.4) is 0 Å². The maximum absolute atomic E-state index is 6.36. The maximum Gasteiger partial charge on any atom is 0.134 e. The highest BCUT2D eigenvalue weighted by Gasteiger charge is 2.15. The van der Waals surface area contributed by atoms with E-state index in [0.29, 0.717) is 0 Å². The predicted octanol–water partition coefficient (Wildman–Crippen LogP) is 3.67. The summed E-state index contributed by atoms with van der Waals surface area (Å²) in [6.45, 7) is 0. The van der Waals surface area contributed by atoms with Crippen LogP contribution in [0.25, 0.3) is 0 Å². The van der Waals surface area contributed by atoms with Crippen LogP contribution < -0.4 is 4.74 Å². The Morgan fingerprint density at radius 3 is 3.00 bits per heavy atom. The molecule has 0 radical (unpaired) electrons. The summed E-state index contributed by atoms with van der Waals surface area (Å²) >= 11 is 7.97. The number of halogens is 1. The lowest BCUT2D eigenvalue weighted by molar-refractivity contribution is 0.411. The number of ether oxygens (including phenoxy) is 1. The Balaban J connectivity index is 2.11. The van der Waals surface area contributed by atoms with Crippen molar-refractivity contribution in [2.45, 2.75) is 11.8 Å². The van der Waals surface area contributed by atoms with E-state index in [2.05, 4.69) is 4.98 Å². The monoisotopic (exact) mass is 253 g/mol. The van der Waals surface area contributed by atoms with Crippen LogP contribution in [-0.2, 0) is 6.42 Å². The van der Waals surface area contributed by atoms with Crippen LogP contribution in [0.2, 0.25) is 0 Å². The number of hydrogen-bond acceptors (Lipinski definition) is 3. The van der Waals surface area contributed by atoms with Gasteiger partial charge in [0.15, 0.2) is 0 Å². The van der Waals surface area contributed by atoms with E-state index in [1.54, 1.807) is 24.6 Å². The Labute approximate surface area is 104 Å². The van der Waals surface area contributed by atoms with Gasteiger partial charge in [0.1, 0.15) is 5.75 Å². The molecule has 0 amide bonds. The number of pyridine rings is 1.